The molecular formula is C9H15O3P. The first-order chi connectivity index (χ1) is 6.02. The first-order valence-electron chi connectivity index (χ1n) is 4.31. The highest BCUT2D eigenvalue weighted by Gasteiger charge is 2.40. The second kappa shape index (κ2) is 3.84. The van der Waals surface area contributed by atoms with Gasteiger partial charge in [-0.3, -0.25) is 4.57 Å². The zero-order valence-electron chi connectivity index (χ0n) is 8.19. The Balaban J connectivity index is 2.82. The van der Waals surface area contributed by atoms with E-state index in [1.807, 2.05) is 13.8 Å². The van der Waals surface area contributed by atoms with Crippen LogP contribution in [0.3, 0.4) is 0 Å². The molecule has 0 spiro atoms. The average molecular weight is 202 g/mol. The summed E-state index contributed by atoms with van der Waals surface area (Å²) >= 11 is 0. The minimum Gasteiger partial charge on any atom is -0.312 e. The van der Waals surface area contributed by atoms with Gasteiger partial charge in [0.1, 0.15) is 0 Å². The summed E-state index contributed by atoms with van der Waals surface area (Å²) in [5.41, 5.74) is 0. The van der Waals surface area contributed by atoms with E-state index in [1.165, 1.54) is 7.11 Å². The van der Waals surface area contributed by atoms with Gasteiger partial charge >= 0.3 is 7.60 Å². The van der Waals surface area contributed by atoms with Gasteiger partial charge in [-0.05, 0) is 12.8 Å². The van der Waals surface area contributed by atoms with Gasteiger partial charge in [0, 0.05) is 13.0 Å². The van der Waals surface area contributed by atoms with Crippen LogP contribution < -0.4 is 0 Å². The van der Waals surface area contributed by atoms with Crippen LogP contribution in [0.1, 0.15) is 13.8 Å². The molecule has 1 aliphatic heterocycles. The smallest absolute Gasteiger partial charge is 0.312 e. The van der Waals surface area contributed by atoms with Crippen molar-refractivity contribution in [3.8, 4) is 12.3 Å². The van der Waals surface area contributed by atoms with E-state index in [4.69, 9.17) is 15.5 Å². The zero-order valence-corrected chi connectivity index (χ0v) is 9.08. The van der Waals surface area contributed by atoms with Crippen LogP contribution in [0.4, 0.5) is 0 Å². The highest BCUT2D eigenvalue weighted by atomic mass is 31.2. The topological polar surface area (TPSA) is 35.5 Å². The number of hydrogen-bond donors (Lipinski definition) is 0. The zero-order chi connectivity index (χ0) is 10.1. The maximum absolute atomic E-state index is 11.8. The first kappa shape index (κ1) is 10.8. The second-order valence-corrected chi connectivity index (χ2v) is 5.58. The Morgan fingerprint density at radius 3 is 2.69 bits per heavy atom. The molecule has 0 saturated carbocycles. The molecule has 1 fully saturated rings. The quantitative estimate of drug-likeness (QED) is 0.482. The van der Waals surface area contributed by atoms with E-state index in [-0.39, 0.29) is 17.9 Å². The van der Waals surface area contributed by atoms with Crippen LogP contribution >= 0.6 is 7.60 Å². The van der Waals surface area contributed by atoms with Crippen LogP contribution in [-0.2, 0) is 13.6 Å². The molecule has 4 atom stereocenters. The fourth-order valence-corrected chi connectivity index (χ4v) is 3.39. The van der Waals surface area contributed by atoms with E-state index in [1.54, 1.807) is 0 Å². The molecule has 0 aromatic carbocycles. The van der Waals surface area contributed by atoms with Gasteiger partial charge < -0.3 is 9.05 Å². The Morgan fingerprint density at radius 1 is 1.62 bits per heavy atom. The molecule has 4 unspecified atom stereocenters. The minimum absolute atomic E-state index is 0.00506. The van der Waals surface area contributed by atoms with Gasteiger partial charge in [-0.15, -0.1) is 12.3 Å². The lowest BCUT2D eigenvalue weighted by atomic mass is 9.92. The first-order valence-corrected chi connectivity index (χ1v) is 6.04. The van der Waals surface area contributed by atoms with Crippen LogP contribution in [0.15, 0.2) is 0 Å². The van der Waals surface area contributed by atoms with E-state index < -0.39 is 7.60 Å². The van der Waals surface area contributed by atoms with Gasteiger partial charge in [-0.1, -0.05) is 6.92 Å². The Labute approximate surface area is 79.3 Å². The molecular weight excluding hydrogens is 187 g/mol. The van der Waals surface area contributed by atoms with E-state index in [2.05, 4.69) is 5.92 Å². The molecule has 1 aliphatic rings. The maximum atomic E-state index is 11.8. The van der Waals surface area contributed by atoms with Gasteiger partial charge in [0.25, 0.3) is 0 Å². The lowest BCUT2D eigenvalue weighted by Gasteiger charge is -2.35. The third kappa shape index (κ3) is 2.14. The van der Waals surface area contributed by atoms with Gasteiger partial charge in [-0.2, -0.15) is 0 Å². The summed E-state index contributed by atoms with van der Waals surface area (Å²) in [6, 6.07) is 0. The molecule has 74 valence electrons. The summed E-state index contributed by atoms with van der Waals surface area (Å²) in [4.78, 5) is 0. The monoisotopic (exact) mass is 202 g/mol. The van der Waals surface area contributed by atoms with Crippen molar-refractivity contribution >= 4 is 7.60 Å². The van der Waals surface area contributed by atoms with Gasteiger partial charge in [0.05, 0.1) is 12.3 Å². The van der Waals surface area contributed by atoms with Crippen molar-refractivity contribution in [1.82, 2.24) is 0 Å². The molecule has 0 N–H and O–H groups in total. The molecule has 0 aromatic rings. The van der Waals surface area contributed by atoms with Crippen molar-refractivity contribution in [3.05, 3.63) is 0 Å². The molecule has 0 amide bonds. The van der Waals surface area contributed by atoms with E-state index >= 15 is 0 Å². The molecule has 0 bridgehead atoms. The summed E-state index contributed by atoms with van der Waals surface area (Å²) in [5, 5.41) is 0. The van der Waals surface area contributed by atoms with Crippen molar-refractivity contribution in [3.63, 3.8) is 0 Å². The standard InChI is InChI=1S/C9H15O3P/c1-5-9-6-13(10,11-4)12-8(3)7(9)2/h1,7-9H,6H2,2-4H3. The Kier molecular flexibility index (Phi) is 3.18. The fraction of sp³-hybridized carbons (Fsp3) is 0.778. The van der Waals surface area contributed by atoms with E-state index in [0.29, 0.717) is 6.16 Å². The van der Waals surface area contributed by atoms with Gasteiger partial charge in [0.15, 0.2) is 0 Å². The van der Waals surface area contributed by atoms with Crippen molar-refractivity contribution < 1.29 is 13.6 Å². The molecule has 1 saturated heterocycles. The summed E-state index contributed by atoms with van der Waals surface area (Å²) in [6.45, 7) is 3.88. The fourth-order valence-electron chi connectivity index (χ4n) is 1.45. The van der Waals surface area contributed by atoms with Gasteiger partial charge in [-0.25, -0.2) is 0 Å². The number of rotatable bonds is 1. The van der Waals surface area contributed by atoms with Crippen molar-refractivity contribution in [2.45, 2.75) is 20.0 Å². The molecule has 3 nitrogen and oxygen atoms in total. The van der Waals surface area contributed by atoms with Crippen LogP contribution in [0.25, 0.3) is 0 Å². The molecule has 0 radical (unpaired) electrons. The van der Waals surface area contributed by atoms with Crippen LogP contribution in [0, 0.1) is 24.2 Å². The van der Waals surface area contributed by atoms with Crippen molar-refractivity contribution in [2.75, 3.05) is 13.3 Å². The summed E-state index contributed by atoms with van der Waals surface area (Å²) in [5.74, 6) is 2.87. The summed E-state index contributed by atoms with van der Waals surface area (Å²) in [6.07, 6.45) is 5.59. The predicted octanol–water partition coefficient (Wildman–Crippen LogP) is 2.13. The van der Waals surface area contributed by atoms with Gasteiger partial charge in [0.2, 0.25) is 0 Å². The van der Waals surface area contributed by atoms with E-state index in [9.17, 15) is 4.57 Å². The number of hydrogen-bond acceptors (Lipinski definition) is 3. The summed E-state index contributed by atoms with van der Waals surface area (Å²) in [7, 11) is -1.50. The lowest BCUT2D eigenvalue weighted by molar-refractivity contribution is 0.0913. The minimum atomic E-state index is -2.90. The summed E-state index contributed by atoms with van der Waals surface area (Å²) < 4.78 is 22.0. The third-order valence-electron chi connectivity index (χ3n) is 2.61. The normalized spacial score (nSPS) is 45.5. The molecule has 13 heavy (non-hydrogen) atoms. The third-order valence-corrected chi connectivity index (χ3v) is 4.67. The molecule has 1 rings (SSSR count). The van der Waals surface area contributed by atoms with Crippen molar-refractivity contribution in [1.29, 1.82) is 0 Å². The maximum Gasteiger partial charge on any atom is 0.331 e. The molecule has 1 heterocycles. The molecule has 0 aliphatic carbocycles. The van der Waals surface area contributed by atoms with Crippen LogP contribution in [-0.4, -0.2) is 19.4 Å². The SMILES string of the molecule is C#CC1CP(=O)(OC)OC(C)C1C. The van der Waals surface area contributed by atoms with E-state index in [0.717, 1.165) is 0 Å². The largest absolute Gasteiger partial charge is 0.331 e. The Morgan fingerprint density at radius 2 is 2.23 bits per heavy atom. The number of terminal acetylenes is 1. The highest BCUT2D eigenvalue weighted by molar-refractivity contribution is 7.53. The highest BCUT2D eigenvalue weighted by Crippen LogP contribution is 2.55. The predicted molar refractivity (Wildman–Crippen MR) is 51.5 cm³/mol. The average Bonchev–Trinajstić information content (AvgIpc) is 2.11. The van der Waals surface area contributed by atoms with Crippen LogP contribution in [0.5, 0.6) is 0 Å². The Hall–Kier alpha value is -0.290. The molecule has 4 heteroatoms. The van der Waals surface area contributed by atoms with Crippen LogP contribution in [0.2, 0.25) is 0 Å². The lowest BCUT2D eigenvalue weighted by Crippen LogP contribution is -2.32. The van der Waals surface area contributed by atoms with Crippen molar-refractivity contribution in [2.24, 2.45) is 11.8 Å². The Bertz CT molecular complexity index is 269. The molecule has 0 aromatic heterocycles. The second-order valence-electron chi connectivity index (χ2n) is 3.42.